The van der Waals surface area contributed by atoms with Gasteiger partial charge in [-0.25, -0.2) is 4.39 Å². The van der Waals surface area contributed by atoms with Crippen LogP contribution in [-0.4, -0.2) is 29.1 Å². The minimum atomic E-state index is -0.743. The van der Waals surface area contributed by atoms with Crippen LogP contribution in [0.2, 0.25) is 0 Å². The molecule has 0 bridgehead atoms. The van der Waals surface area contributed by atoms with E-state index in [1.165, 1.54) is 12.1 Å². The fourth-order valence-electron chi connectivity index (χ4n) is 2.14. The van der Waals surface area contributed by atoms with E-state index in [4.69, 9.17) is 5.11 Å². The lowest BCUT2D eigenvalue weighted by Crippen LogP contribution is -2.22. The third-order valence-corrected chi connectivity index (χ3v) is 3.41. The zero-order chi connectivity index (χ0) is 12.4. The second kappa shape index (κ2) is 5.14. The summed E-state index contributed by atoms with van der Waals surface area (Å²) >= 11 is 3.24. The van der Waals surface area contributed by atoms with Crippen molar-refractivity contribution in [1.82, 2.24) is 4.90 Å². The average Bonchev–Trinajstić information content (AvgIpc) is 2.64. The highest BCUT2D eigenvalue weighted by Gasteiger charge is 2.27. The van der Waals surface area contributed by atoms with Gasteiger partial charge in [-0.3, -0.25) is 9.69 Å². The molecule has 1 aliphatic rings. The monoisotopic (exact) mass is 301 g/mol. The normalized spacial score (nSPS) is 20.7. The van der Waals surface area contributed by atoms with Gasteiger partial charge in [-0.05, 0) is 36.7 Å². The standard InChI is InChI=1S/C12H13BrFNO2/c13-10-3-8(4-11(14)5-10)6-15-2-1-9(7-15)12(16)17/h3-5,9H,1-2,6-7H2,(H,16,17)/t9-/m0/s1. The summed E-state index contributed by atoms with van der Waals surface area (Å²) in [6.07, 6.45) is 0.672. The van der Waals surface area contributed by atoms with E-state index < -0.39 is 5.97 Å². The summed E-state index contributed by atoms with van der Waals surface area (Å²) in [5.74, 6) is -1.30. The van der Waals surface area contributed by atoms with Gasteiger partial charge in [-0.15, -0.1) is 0 Å². The summed E-state index contributed by atoms with van der Waals surface area (Å²) < 4.78 is 13.9. The average molecular weight is 302 g/mol. The SMILES string of the molecule is O=C(O)[C@H]1CCN(Cc2cc(F)cc(Br)c2)C1. The van der Waals surface area contributed by atoms with Crippen molar-refractivity contribution < 1.29 is 14.3 Å². The van der Waals surface area contributed by atoms with Gasteiger partial charge in [0, 0.05) is 17.6 Å². The summed E-state index contributed by atoms with van der Waals surface area (Å²) in [5, 5.41) is 8.89. The van der Waals surface area contributed by atoms with E-state index in [0.29, 0.717) is 24.0 Å². The molecular formula is C12H13BrFNO2. The Labute approximate surface area is 107 Å². The maximum Gasteiger partial charge on any atom is 0.307 e. The van der Waals surface area contributed by atoms with Crippen LogP contribution < -0.4 is 0 Å². The first kappa shape index (κ1) is 12.5. The van der Waals surface area contributed by atoms with Crippen molar-refractivity contribution in [2.45, 2.75) is 13.0 Å². The molecule has 0 aromatic heterocycles. The van der Waals surface area contributed by atoms with Crippen LogP contribution in [0.5, 0.6) is 0 Å². The highest BCUT2D eigenvalue weighted by atomic mass is 79.9. The van der Waals surface area contributed by atoms with E-state index in [0.717, 1.165) is 12.1 Å². The first-order chi connectivity index (χ1) is 8.04. The molecule has 1 saturated heterocycles. The Morgan fingerprint density at radius 1 is 1.53 bits per heavy atom. The molecule has 5 heteroatoms. The number of nitrogens with zero attached hydrogens (tertiary/aromatic N) is 1. The van der Waals surface area contributed by atoms with E-state index in [1.54, 1.807) is 0 Å². The number of carboxylic acid groups (broad SMARTS) is 1. The lowest BCUT2D eigenvalue weighted by atomic mass is 10.1. The van der Waals surface area contributed by atoms with Crippen molar-refractivity contribution >= 4 is 21.9 Å². The molecule has 1 aromatic carbocycles. The van der Waals surface area contributed by atoms with Crippen molar-refractivity contribution in [2.24, 2.45) is 5.92 Å². The first-order valence-electron chi connectivity index (χ1n) is 5.45. The quantitative estimate of drug-likeness (QED) is 0.932. The fraction of sp³-hybridized carbons (Fsp3) is 0.417. The Morgan fingerprint density at radius 3 is 2.88 bits per heavy atom. The van der Waals surface area contributed by atoms with Crippen molar-refractivity contribution in [3.05, 3.63) is 34.1 Å². The van der Waals surface area contributed by atoms with Gasteiger partial charge in [0.05, 0.1) is 5.92 Å². The van der Waals surface area contributed by atoms with Gasteiger partial charge in [-0.2, -0.15) is 0 Å². The Hall–Kier alpha value is -0.940. The van der Waals surface area contributed by atoms with Gasteiger partial charge < -0.3 is 5.11 Å². The van der Waals surface area contributed by atoms with Crippen LogP contribution in [0.25, 0.3) is 0 Å². The van der Waals surface area contributed by atoms with Crippen molar-refractivity contribution in [1.29, 1.82) is 0 Å². The molecule has 0 aliphatic carbocycles. The number of benzene rings is 1. The lowest BCUT2D eigenvalue weighted by Gasteiger charge is -2.15. The van der Waals surface area contributed by atoms with Crippen LogP contribution in [0.4, 0.5) is 4.39 Å². The predicted octanol–water partition coefficient (Wildman–Crippen LogP) is 2.49. The Kier molecular flexibility index (Phi) is 3.79. The lowest BCUT2D eigenvalue weighted by molar-refractivity contribution is -0.141. The Balaban J connectivity index is 2.00. The Morgan fingerprint density at radius 2 is 2.29 bits per heavy atom. The number of hydrogen-bond donors (Lipinski definition) is 1. The minimum Gasteiger partial charge on any atom is -0.481 e. The number of aliphatic carboxylic acids is 1. The summed E-state index contributed by atoms with van der Waals surface area (Å²) in [5.41, 5.74) is 0.864. The molecule has 1 N–H and O–H groups in total. The highest BCUT2D eigenvalue weighted by Crippen LogP contribution is 2.21. The predicted molar refractivity (Wildman–Crippen MR) is 65.1 cm³/mol. The molecule has 1 aromatic rings. The second-order valence-electron chi connectivity index (χ2n) is 4.34. The zero-order valence-electron chi connectivity index (χ0n) is 9.20. The Bertz CT molecular complexity index is 418. The largest absolute Gasteiger partial charge is 0.481 e. The van der Waals surface area contributed by atoms with Gasteiger partial charge in [0.2, 0.25) is 0 Å². The zero-order valence-corrected chi connectivity index (χ0v) is 10.8. The van der Waals surface area contributed by atoms with Gasteiger partial charge in [0.25, 0.3) is 0 Å². The third kappa shape index (κ3) is 3.26. The van der Waals surface area contributed by atoms with Crippen LogP contribution in [0, 0.1) is 11.7 Å². The van der Waals surface area contributed by atoms with Crippen LogP contribution in [0.1, 0.15) is 12.0 Å². The highest BCUT2D eigenvalue weighted by molar-refractivity contribution is 9.10. The van der Waals surface area contributed by atoms with E-state index in [-0.39, 0.29) is 11.7 Å². The number of carboxylic acids is 1. The van der Waals surface area contributed by atoms with E-state index in [2.05, 4.69) is 15.9 Å². The maximum atomic E-state index is 13.2. The smallest absolute Gasteiger partial charge is 0.307 e. The molecule has 0 radical (unpaired) electrons. The van der Waals surface area contributed by atoms with Crippen molar-refractivity contribution in [3.8, 4) is 0 Å². The molecular weight excluding hydrogens is 289 g/mol. The molecule has 0 unspecified atom stereocenters. The van der Waals surface area contributed by atoms with E-state index in [9.17, 15) is 9.18 Å². The van der Waals surface area contributed by atoms with Crippen molar-refractivity contribution in [3.63, 3.8) is 0 Å². The number of likely N-dealkylation sites (tertiary alicyclic amines) is 1. The van der Waals surface area contributed by atoms with Gasteiger partial charge in [0.15, 0.2) is 0 Å². The number of rotatable bonds is 3. The van der Waals surface area contributed by atoms with E-state index >= 15 is 0 Å². The van der Waals surface area contributed by atoms with Gasteiger partial charge in [-0.1, -0.05) is 15.9 Å². The molecule has 0 saturated carbocycles. The number of carbonyl (C=O) groups is 1. The fourth-order valence-corrected chi connectivity index (χ4v) is 2.65. The summed E-state index contributed by atoms with van der Waals surface area (Å²) in [4.78, 5) is 12.9. The first-order valence-corrected chi connectivity index (χ1v) is 6.24. The molecule has 1 aliphatic heterocycles. The summed E-state index contributed by atoms with van der Waals surface area (Å²) in [6, 6.07) is 4.75. The molecule has 92 valence electrons. The molecule has 2 rings (SSSR count). The van der Waals surface area contributed by atoms with Crippen LogP contribution >= 0.6 is 15.9 Å². The van der Waals surface area contributed by atoms with E-state index in [1.807, 2.05) is 11.0 Å². The number of hydrogen-bond acceptors (Lipinski definition) is 2. The van der Waals surface area contributed by atoms with Gasteiger partial charge >= 0.3 is 5.97 Å². The molecule has 1 heterocycles. The molecule has 0 amide bonds. The molecule has 3 nitrogen and oxygen atoms in total. The third-order valence-electron chi connectivity index (χ3n) is 2.95. The van der Waals surface area contributed by atoms with Crippen LogP contribution in [-0.2, 0) is 11.3 Å². The molecule has 17 heavy (non-hydrogen) atoms. The summed E-state index contributed by atoms with van der Waals surface area (Å²) in [6.45, 7) is 1.90. The van der Waals surface area contributed by atoms with Crippen LogP contribution in [0.15, 0.2) is 22.7 Å². The van der Waals surface area contributed by atoms with Crippen molar-refractivity contribution in [2.75, 3.05) is 13.1 Å². The van der Waals surface area contributed by atoms with Crippen LogP contribution in [0.3, 0.4) is 0 Å². The minimum absolute atomic E-state index is 0.275. The molecule has 1 atom stereocenters. The number of halogens is 2. The maximum absolute atomic E-state index is 13.2. The molecule has 0 spiro atoms. The van der Waals surface area contributed by atoms with Gasteiger partial charge in [0.1, 0.15) is 5.82 Å². The molecule has 1 fully saturated rings. The topological polar surface area (TPSA) is 40.5 Å². The second-order valence-corrected chi connectivity index (χ2v) is 5.25. The summed E-state index contributed by atoms with van der Waals surface area (Å²) in [7, 11) is 0.